The second kappa shape index (κ2) is 10.0. The van der Waals surface area contributed by atoms with Gasteiger partial charge in [0.25, 0.3) is 0 Å². The van der Waals surface area contributed by atoms with Gasteiger partial charge < -0.3 is 4.90 Å². The van der Waals surface area contributed by atoms with Gasteiger partial charge in [-0.1, -0.05) is 130 Å². The van der Waals surface area contributed by atoms with E-state index in [-0.39, 0.29) is 16.2 Å². The topological polar surface area (TPSA) is 3.24 Å². The van der Waals surface area contributed by atoms with E-state index in [0.717, 1.165) is 21.5 Å². The number of benzene rings is 5. The van der Waals surface area contributed by atoms with Crippen molar-refractivity contribution in [1.82, 2.24) is 0 Å². The summed E-state index contributed by atoms with van der Waals surface area (Å²) < 4.78 is 1.15. The average molecular weight is 601 g/mol. The first-order valence-electron chi connectivity index (χ1n) is 14.5. The Bertz CT molecular complexity index is 1680. The average Bonchev–Trinajstić information content (AvgIpc) is 3.08. The van der Waals surface area contributed by atoms with E-state index in [0.29, 0.717) is 0 Å². The summed E-state index contributed by atoms with van der Waals surface area (Å²) in [5.74, 6) is 0. The second-order valence-electron chi connectivity index (χ2n) is 12.9. The molecule has 1 nitrogen and oxygen atoms in total. The van der Waals surface area contributed by atoms with Gasteiger partial charge in [-0.25, -0.2) is 0 Å². The molecule has 5 aromatic carbocycles. The lowest BCUT2D eigenvalue weighted by molar-refractivity contribution is 0.125. The van der Waals surface area contributed by atoms with E-state index >= 15 is 0 Å². The van der Waals surface area contributed by atoms with Crippen LogP contribution in [0.25, 0.3) is 22.3 Å². The van der Waals surface area contributed by atoms with Crippen LogP contribution in [0.5, 0.6) is 0 Å². The lowest BCUT2D eigenvalue weighted by atomic mass is 9.59. The van der Waals surface area contributed by atoms with Crippen LogP contribution in [-0.2, 0) is 10.8 Å². The van der Waals surface area contributed by atoms with Gasteiger partial charge in [0.05, 0.1) is 0 Å². The zero-order valence-electron chi connectivity index (χ0n) is 24.9. The van der Waals surface area contributed by atoms with E-state index in [1.54, 1.807) is 0 Å². The Hall–Kier alpha value is -3.62. The first-order valence-corrected chi connectivity index (χ1v) is 15.3. The van der Waals surface area contributed by atoms with Gasteiger partial charge in [-0.15, -0.1) is 0 Å². The van der Waals surface area contributed by atoms with Gasteiger partial charge in [0, 0.05) is 21.5 Å². The van der Waals surface area contributed by atoms with Crippen molar-refractivity contribution < 1.29 is 0 Å². The molecule has 0 unspecified atom stereocenters. The Balaban J connectivity index is 1.39. The van der Waals surface area contributed by atoms with Gasteiger partial charge in [0.15, 0.2) is 0 Å². The Kier molecular flexibility index (Phi) is 6.74. The fourth-order valence-electron chi connectivity index (χ4n) is 6.53. The van der Waals surface area contributed by atoms with Crippen molar-refractivity contribution in [3.8, 4) is 22.3 Å². The number of para-hydroxylation sites is 1. The molecule has 206 valence electrons. The van der Waals surface area contributed by atoms with Gasteiger partial charge in [-0.3, -0.25) is 0 Å². The highest BCUT2D eigenvalue weighted by Gasteiger charge is 2.56. The fourth-order valence-corrected chi connectivity index (χ4v) is 7.10. The van der Waals surface area contributed by atoms with Crippen LogP contribution >= 0.6 is 15.9 Å². The maximum Gasteiger partial charge on any atom is 0.0462 e. The number of halogens is 1. The molecule has 5 aromatic rings. The van der Waals surface area contributed by atoms with Crippen LogP contribution in [0.3, 0.4) is 0 Å². The summed E-state index contributed by atoms with van der Waals surface area (Å²) in [6.45, 7) is 14.4. The highest BCUT2D eigenvalue weighted by molar-refractivity contribution is 9.10. The summed E-state index contributed by atoms with van der Waals surface area (Å²) in [6.07, 6.45) is 0. The van der Waals surface area contributed by atoms with E-state index in [2.05, 4.69) is 184 Å². The largest absolute Gasteiger partial charge is 0.311 e. The molecule has 0 N–H and O–H groups in total. The van der Waals surface area contributed by atoms with Crippen LogP contribution in [-0.4, -0.2) is 0 Å². The van der Waals surface area contributed by atoms with E-state index in [1.165, 1.54) is 33.4 Å². The van der Waals surface area contributed by atoms with Crippen molar-refractivity contribution in [2.75, 3.05) is 4.90 Å². The van der Waals surface area contributed by atoms with Crippen LogP contribution in [0.2, 0.25) is 0 Å². The predicted octanol–water partition coefficient (Wildman–Crippen LogP) is 11.8. The number of rotatable bonds is 5. The normalized spacial score (nSPS) is 16.3. The summed E-state index contributed by atoms with van der Waals surface area (Å²) in [5.41, 5.74) is 11.5. The summed E-state index contributed by atoms with van der Waals surface area (Å²) >= 11 is 3.95. The maximum atomic E-state index is 3.95. The van der Waals surface area contributed by atoms with Crippen molar-refractivity contribution in [1.29, 1.82) is 0 Å². The zero-order valence-corrected chi connectivity index (χ0v) is 26.5. The molecule has 0 saturated heterocycles. The Morgan fingerprint density at radius 3 is 1.41 bits per heavy atom. The molecule has 1 aliphatic rings. The molecule has 2 heteroatoms. The fraction of sp³-hybridized carbons (Fsp3) is 0.231. The minimum Gasteiger partial charge on any atom is -0.311 e. The van der Waals surface area contributed by atoms with Gasteiger partial charge in [0.2, 0.25) is 0 Å². The van der Waals surface area contributed by atoms with Crippen molar-refractivity contribution in [2.24, 2.45) is 5.41 Å². The molecule has 6 rings (SSSR count). The highest BCUT2D eigenvalue weighted by atomic mass is 79.9. The van der Waals surface area contributed by atoms with Gasteiger partial charge in [0.1, 0.15) is 0 Å². The minimum atomic E-state index is 0.0667. The van der Waals surface area contributed by atoms with E-state index in [9.17, 15) is 0 Å². The van der Waals surface area contributed by atoms with Crippen LogP contribution in [0.1, 0.15) is 52.7 Å². The summed E-state index contributed by atoms with van der Waals surface area (Å²) in [7, 11) is 0. The Morgan fingerprint density at radius 2 is 0.878 bits per heavy atom. The lowest BCUT2D eigenvalue weighted by Crippen LogP contribution is -2.42. The number of nitrogens with zero attached hydrogens (tertiary/aromatic N) is 1. The molecule has 0 bridgehead atoms. The zero-order chi connectivity index (χ0) is 29.0. The van der Waals surface area contributed by atoms with Crippen molar-refractivity contribution >= 4 is 33.0 Å². The SMILES string of the molecule is CC1(C)c2cc(Br)c(-c3ccc(N(c4ccccc4)c4ccc(-c5ccccc5)cc4)cc3)cc2C(C)(C)C1(C)C. The quantitative estimate of drug-likeness (QED) is 0.194. The number of anilines is 3. The van der Waals surface area contributed by atoms with E-state index < -0.39 is 0 Å². The predicted molar refractivity (Wildman–Crippen MR) is 180 cm³/mol. The maximum absolute atomic E-state index is 3.95. The number of fused-ring (bicyclic) bond motifs is 1. The third-order valence-electron chi connectivity index (χ3n) is 10.3. The van der Waals surface area contributed by atoms with Gasteiger partial charge in [-0.2, -0.15) is 0 Å². The third kappa shape index (κ3) is 4.44. The summed E-state index contributed by atoms with van der Waals surface area (Å²) in [6, 6.07) is 43.8. The Labute approximate surface area is 254 Å². The highest BCUT2D eigenvalue weighted by Crippen LogP contribution is 2.62. The molecule has 0 amide bonds. The van der Waals surface area contributed by atoms with Gasteiger partial charge in [-0.05, 0) is 98.2 Å². The molecule has 0 saturated carbocycles. The molecule has 0 aliphatic heterocycles. The van der Waals surface area contributed by atoms with Crippen LogP contribution < -0.4 is 4.90 Å². The Morgan fingerprint density at radius 1 is 0.463 bits per heavy atom. The minimum absolute atomic E-state index is 0.0667. The molecular formula is C39H38BrN. The molecule has 0 fully saturated rings. The molecule has 0 heterocycles. The van der Waals surface area contributed by atoms with E-state index in [4.69, 9.17) is 0 Å². The smallest absolute Gasteiger partial charge is 0.0462 e. The first-order chi connectivity index (χ1) is 19.5. The standard InChI is InChI=1S/C39H38BrN/c1-37(2)34-25-33(36(40)26-35(34)38(3,4)39(37,5)6)29-19-23-32(24-20-29)41(30-15-11-8-12-16-30)31-21-17-28(18-22-31)27-13-9-7-10-14-27/h7-26H,1-6H3. The lowest BCUT2D eigenvalue weighted by Gasteiger charge is -2.44. The van der Waals surface area contributed by atoms with Gasteiger partial charge >= 0.3 is 0 Å². The second-order valence-corrected chi connectivity index (χ2v) is 13.7. The first kappa shape index (κ1) is 27.5. The molecule has 41 heavy (non-hydrogen) atoms. The van der Waals surface area contributed by atoms with Crippen molar-refractivity contribution in [3.63, 3.8) is 0 Å². The monoisotopic (exact) mass is 599 g/mol. The third-order valence-corrected chi connectivity index (χ3v) is 10.9. The molecule has 0 aromatic heterocycles. The van der Waals surface area contributed by atoms with Crippen LogP contribution in [0.4, 0.5) is 17.1 Å². The number of hydrogen-bond acceptors (Lipinski definition) is 1. The summed E-state index contributed by atoms with van der Waals surface area (Å²) in [4.78, 5) is 2.32. The molecular weight excluding hydrogens is 562 g/mol. The molecule has 0 spiro atoms. The molecule has 0 radical (unpaired) electrons. The van der Waals surface area contributed by atoms with E-state index in [1.807, 2.05) is 0 Å². The molecule has 1 aliphatic carbocycles. The number of hydrogen-bond donors (Lipinski definition) is 0. The molecule has 0 atom stereocenters. The van der Waals surface area contributed by atoms with Crippen LogP contribution in [0, 0.1) is 5.41 Å². The van der Waals surface area contributed by atoms with Crippen LogP contribution in [0.15, 0.2) is 126 Å². The summed E-state index contributed by atoms with van der Waals surface area (Å²) in [5, 5.41) is 0. The van der Waals surface area contributed by atoms with Crippen molar-refractivity contribution in [3.05, 3.63) is 137 Å². The van der Waals surface area contributed by atoms with Crippen molar-refractivity contribution in [2.45, 2.75) is 52.4 Å².